The fraction of sp³-hybridized carbons (Fsp3) is 0.870. The lowest BCUT2D eigenvalue weighted by Crippen LogP contribution is -2.48. The van der Waals surface area contributed by atoms with Gasteiger partial charge in [-0.3, -0.25) is 4.79 Å². The Balaban J connectivity index is 2.79. The summed E-state index contributed by atoms with van der Waals surface area (Å²) in [5.74, 6) is 0.467. The Morgan fingerprint density at radius 1 is 0.679 bits per heavy atom. The molecule has 0 aromatic heterocycles. The van der Waals surface area contributed by atoms with Crippen molar-refractivity contribution in [1.29, 1.82) is 0 Å². The summed E-state index contributed by atoms with van der Waals surface area (Å²) in [7, 11) is -2.76. The van der Waals surface area contributed by atoms with E-state index in [9.17, 15) is 4.79 Å². The maximum atomic E-state index is 11.9. The lowest BCUT2D eigenvalue weighted by Gasteiger charge is -2.31. The molecule has 1 rings (SSSR count). The topological polar surface area (TPSA) is 44.8 Å². The lowest BCUT2D eigenvalue weighted by atomic mass is 10.0. The molecule has 4 nitrogen and oxygen atoms in total. The Bertz CT molecular complexity index is 419. The molecule has 0 unspecified atom stereocenters. The molecular formula is C23H44O4Si. The Hall–Kier alpha value is -0.493. The molecule has 0 aliphatic heterocycles. The van der Waals surface area contributed by atoms with Crippen LogP contribution in [0.5, 0.6) is 0 Å². The standard InChI is InChI=1S/C23H44O4Si/c1-4-25-28(26-5-2,27-6-3)23-20-16-12-8-7-10-14-18-22(24)19-15-11-9-13-17-21-23/h20H,4-19,21H2,1-3H3. The average molecular weight is 413 g/mol. The Kier molecular flexibility index (Phi) is 14.9. The highest BCUT2D eigenvalue weighted by Gasteiger charge is 2.44. The molecule has 0 bridgehead atoms. The van der Waals surface area contributed by atoms with E-state index in [-0.39, 0.29) is 0 Å². The minimum Gasteiger partial charge on any atom is -0.370 e. The Morgan fingerprint density at radius 2 is 1.11 bits per heavy atom. The molecule has 0 saturated heterocycles. The monoisotopic (exact) mass is 412 g/mol. The summed E-state index contributed by atoms with van der Waals surface area (Å²) < 4.78 is 18.5. The van der Waals surface area contributed by atoms with E-state index in [0.29, 0.717) is 25.6 Å². The number of allylic oxidation sites excluding steroid dienone is 2. The van der Waals surface area contributed by atoms with E-state index in [1.165, 1.54) is 43.7 Å². The number of hydrogen-bond acceptors (Lipinski definition) is 4. The van der Waals surface area contributed by atoms with E-state index in [1.54, 1.807) is 0 Å². The molecule has 28 heavy (non-hydrogen) atoms. The first-order valence-electron chi connectivity index (χ1n) is 11.8. The zero-order chi connectivity index (χ0) is 20.5. The van der Waals surface area contributed by atoms with Gasteiger partial charge in [0, 0.05) is 32.7 Å². The van der Waals surface area contributed by atoms with Gasteiger partial charge in [0.1, 0.15) is 5.78 Å². The number of rotatable bonds is 7. The fourth-order valence-corrected chi connectivity index (χ4v) is 6.74. The van der Waals surface area contributed by atoms with Gasteiger partial charge in [0.2, 0.25) is 0 Å². The van der Waals surface area contributed by atoms with Gasteiger partial charge < -0.3 is 13.3 Å². The summed E-state index contributed by atoms with van der Waals surface area (Å²) in [5.41, 5.74) is 0. The molecule has 0 N–H and O–H groups in total. The SMILES string of the molecule is CCO[Si](OCC)(OCC)C1=CCCCCCCCC(=O)CCCCCCC1. The van der Waals surface area contributed by atoms with Crippen LogP contribution in [-0.4, -0.2) is 34.4 Å². The van der Waals surface area contributed by atoms with Crippen LogP contribution in [0.3, 0.4) is 0 Å². The van der Waals surface area contributed by atoms with Crippen molar-refractivity contribution in [3.8, 4) is 0 Å². The molecule has 164 valence electrons. The second kappa shape index (κ2) is 16.3. The quantitative estimate of drug-likeness (QED) is 0.445. The van der Waals surface area contributed by atoms with Crippen molar-refractivity contribution in [3.63, 3.8) is 0 Å². The Labute approximate surface area is 174 Å². The zero-order valence-electron chi connectivity index (χ0n) is 18.7. The molecule has 0 aromatic rings. The van der Waals surface area contributed by atoms with Crippen molar-refractivity contribution in [1.82, 2.24) is 0 Å². The van der Waals surface area contributed by atoms with Gasteiger partial charge in [-0.05, 0) is 64.5 Å². The maximum Gasteiger partial charge on any atom is 0.532 e. The van der Waals surface area contributed by atoms with E-state index < -0.39 is 8.80 Å². The van der Waals surface area contributed by atoms with E-state index in [0.717, 1.165) is 51.4 Å². The second-order valence-electron chi connectivity index (χ2n) is 7.70. The van der Waals surface area contributed by atoms with Crippen LogP contribution in [0.1, 0.15) is 111 Å². The van der Waals surface area contributed by atoms with Gasteiger partial charge in [-0.15, -0.1) is 0 Å². The average Bonchev–Trinajstić information content (AvgIpc) is 2.67. The van der Waals surface area contributed by atoms with E-state index in [4.69, 9.17) is 13.3 Å². The fourth-order valence-electron chi connectivity index (χ4n) is 3.92. The van der Waals surface area contributed by atoms with Crippen molar-refractivity contribution >= 4 is 14.6 Å². The number of ketones is 1. The van der Waals surface area contributed by atoms with Gasteiger partial charge in [-0.25, -0.2) is 0 Å². The molecule has 1 aliphatic carbocycles. The van der Waals surface area contributed by atoms with Crippen LogP contribution in [0.25, 0.3) is 0 Å². The number of Topliss-reactive ketones (excluding diaryl/α,β-unsaturated/α-hetero) is 1. The van der Waals surface area contributed by atoms with Gasteiger partial charge in [-0.1, -0.05) is 44.6 Å². The van der Waals surface area contributed by atoms with E-state index in [2.05, 4.69) is 6.08 Å². The first kappa shape index (κ1) is 25.5. The summed E-state index contributed by atoms with van der Waals surface area (Å²) in [6.45, 7) is 7.95. The molecule has 0 saturated carbocycles. The molecule has 0 fully saturated rings. The highest BCUT2D eigenvalue weighted by molar-refractivity contribution is 6.68. The van der Waals surface area contributed by atoms with Crippen LogP contribution < -0.4 is 0 Å². The molecule has 5 heteroatoms. The third-order valence-corrected chi connectivity index (χ3v) is 8.60. The van der Waals surface area contributed by atoms with Crippen LogP contribution in [0.15, 0.2) is 11.3 Å². The summed E-state index contributed by atoms with van der Waals surface area (Å²) >= 11 is 0. The van der Waals surface area contributed by atoms with Gasteiger partial charge in [-0.2, -0.15) is 0 Å². The first-order valence-corrected chi connectivity index (χ1v) is 13.5. The minimum atomic E-state index is -2.76. The van der Waals surface area contributed by atoms with Crippen LogP contribution in [0.2, 0.25) is 0 Å². The summed E-state index contributed by atoms with van der Waals surface area (Å²) in [5, 5.41) is 1.29. The molecule has 0 heterocycles. The van der Waals surface area contributed by atoms with Crippen molar-refractivity contribution < 1.29 is 18.1 Å². The number of carbonyl (C=O) groups excluding carboxylic acids is 1. The minimum absolute atomic E-state index is 0.467. The van der Waals surface area contributed by atoms with Crippen molar-refractivity contribution in [2.75, 3.05) is 19.8 Å². The second-order valence-corrected chi connectivity index (χ2v) is 10.3. The van der Waals surface area contributed by atoms with E-state index >= 15 is 0 Å². The van der Waals surface area contributed by atoms with Crippen LogP contribution in [-0.2, 0) is 18.1 Å². The van der Waals surface area contributed by atoms with Gasteiger partial charge in [0.15, 0.2) is 0 Å². The maximum absolute atomic E-state index is 11.9. The first-order chi connectivity index (χ1) is 13.7. The predicted molar refractivity (Wildman–Crippen MR) is 118 cm³/mol. The molecule has 0 amide bonds. The molecule has 0 atom stereocenters. The summed E-state index contributed by atoms with van der Waals surface area (Å²) in [6, 6.07) is 0. The number of carbonyl (C=O) groups is 1. The molecular weight excluding hydrogens is 368 g/mol. The Morgan fingerprint density at radius 3 is 1.61 bits per heavy atom. The van der Waals surface area contributed by atoms with Crippen LogP contribution >= 0.6 is 0 Å². The molecule has 0 aromatic carbocycles. The highest BCUT2D eigenvalue weighted by atomic mass is 28.4. The van der Waals surface area contributed by atoms with Gasteiger partial charge >= 0.3 is 8.80 Å². The normalized spacial score (nSPS) is 19.8. The third-order valence-electron chi connectivity index (χ3n) is 5.35. The van der Waals surface area contributed by atoms with Crippen molar-refractivity contribution in [3.05, 3.63) is 11.3 Å². The smallest absolute Gasteiger partial charge is 0.370 e. The van der Waals surface area contributed by atoms with E-state index in [1.807, 2.05) is 20.8 Å². The van der Waals surface area contributed by atoms with Crippen molar-refractivity contribution in [2.24, 2.45) is 0 Å². The largest absolute Gasteiger partial charge is 0.532 e. The third kappa shape index (κ3) is 10.3. The van der Waals surface area contributed by atoms with Gasteiger partial charge in [0.25, 0.3) is 0 Å². The summed E-state index contributed by atoms with van der Waals surface area (Å²) in [4.78, 5) is 11.9. The summed E-state index contributed by atoms with van der Waals surface area (Å²) in [6.07, 6.45) is 17.6. The number of hydrogen-bond donors (Lipinski definition) is 0. The molecule has 1 aliphatic rings. The predicted octanol–water partition coefficient (Wildman–Crippen LogP) is 6.54. The molecule has 0 radical (unpaired) electrons. The van der Waals surface area contributed by atoms with Crippen molar-refractivity contribution in [2.45, 2.75) is 111 Å². The van der Waals surface area contributed by atoms with Crippen LogP contribution in [0.4, 0.5) is 0 Å². The van der Waals surface area contributed by atoms with Gasteiger partial charge in [0.05, 0.1) is 0 Å². The lowest BCUT2D eigenvalue weighted by molar-refractivity contribution is -0.119. The molecule has 0 spiro atoms. The van der Waals surface area contributed by atoms with Crippen LogP contribution in [0, 0.1) is 0 Å². The zero-order valence-corrected chi connectivity index (χ0v) is 19.7. The highest BCUT2D eigenvalue weighted by Crippen LogP contribution is 2.27.